The molecule has 1 aromatic carbocycles. The molecule has 2 aliphatic carbocycles. The van der Waals surface area contributed by atoms with Gasteiger partial charge in [-0.05, 0) is 74.6 Å². The Morgan fingerprint density at radius 3 is 2.82 bits per heavy atom. The third-order valence-corrected chi connectivity index (χ3v) is 6.25. The lowest BCUT2D eigenvalue weighted by Gasteiger charge is -2.52. The number of aromatic hydroxyl groups is 1. The van der Waals surface area contributed by atoms with Crippen LogP contribution in [0, 0.1) is 11.8 Å². The lowest BCUT2D eigenvalue weighted by Crippen LogP contribution is -2.53. The fraction of sp³-hybridized carbons (Fsp3) is 0.684. The molecule has 3 nitrogen and oxygen atoms in total. The highest BCUT2D eigenvalue weighted by molar-refractivity contribution is 5.35. The van der Waals surface area contributed by atoms with Crippen molar-refractivity contribution in [1.29, 1.82) is 0 Å². The van der Waals surface area contributed by atoms with Gasteiger partial charge >= 0.3 is 0 Å². The van der Waals surface area contributed by atoms with Crippen LogP contribution in [0.1, 0.15) is 44.1 Å². The molecule has 3 atom stereocenters. The molecular weight excluding hydrogens is 274 g/mol. The molecule has 4 rings (SSSR count). The smallest absolute Gasteiger partial charge is 0.115 e. The van der Waals surface area contributed by atoms with Crippen LogP contribution >= 0.6 is 0 Å². The van der Waals surface area contributed by atoms with Gasteiger partial charge in [0.2, 0.25) is 0 Å². The van der Waals surface area contributed by atoms with E-state index in [0.29, 0.717) is 11.7 Å². The van der Waals surface area contributed by atoms with Crippen LogP contribution < -0.4 is 0 Å². The van der Waals surface area contributed by atoms with E-state index in [2.05, 4.69) is 11.0 Å². The van der Waals surface area contributed by atoms with E-state index in [-0.39, 0.29) is 11.5 Å². The summed E-state index contributed by atoms with van der Waals surface area (Å²) in [6.45, 7) is 3.53. The lowest BCUT2D eigenvalue weighted by atomic mass is 9.58. The van der Waals surface area contributed by atoms with E-state index in [1.807, 2.05) is 12.1 Å². The average Bonchev–Trinajstić information content (AvgIpc) is 3.31. The van der Waals surface area contributed by atoms with Crippen molar-refractivity contribution in [3.05, 3.63) is 29.8 Å². The first-order valence-corrected chi connectivity index (χ1v) is 8.86. The van der Waals surface area contributed by atoms with Gasteiger partial charge in [0, 0.05) is 18.5 Å². The predicted octanol–water partition coefficient (Wildman–Crippen LogP) is 2.91. The zero-order valence-electron chi connectivity index (χ0n) is 13.2. The summed E-state index contributed by atoms with van der Waals surface area (Å²) in [5.74, 6) is 1.82. The molecule has 0 aromatic heterocycles. The highest BCUT2D eigenvalue weighted by Gasteiger charge is 2.47. The summed E-state index contributed by atoms with van der Waals surface area (Å²) in [6, 6.07) is 7.87. The Bertz CT molecular complexity index is 542. The van der Waals surface area contributed by atoms with Gasteiger partial charge in [0.1, 0.15) is 5.75 Å². The van der Waals surface area contributed by atoms with Gasteiger partial charge < -0.3 is 15.1 Å². The SMILES string of the molecule is Oc1cccc(C23CC[C@H](O)C[C@H]2CN(CC2CC2)CC3)c1. The Morgan fingerprint density at radius 1 is 1.18 bits per heavy atom. The van der Waals surface area contributed by atoms with Gasteiger partial charge in [-0.3, -0.25) is 0 Å². The van der Waals surface area contributed by atoms with Gasteiger partial charge in [-0.25, -0.2) is 0 Å². The van der Waals surface area contributed by atoms with Gasteiger partial charge in [0.05, 0.1) is 6.10 Å². The van der Waals surface area contributed by atoms with Crippen LogP contribution in [0.25, 0.3) is 0 Å². The maximum atomic E-state index is 10.2. The summed E-state index contributed by atoms with van der Waals surface area (Å²) < 4.78 is 0. The van der Waals surface area contributed by atoms with Crippen LogP contribution in [-0.2, 0) is 5.41 Å². The second-order valence-corrected chi connectivity index (χ2v) is 7.78. The van der Waals surface area contributed by atoms with Crippen molar-refractivity contribution >= 4 is 0 Å². The summed E-state index contributed by atoms with van der Waals surface area (Å²) in [5, 5.41) is 20.1. The van der Waals surface area contributed by atoms with Crippen molar-refractivity contribution in [3.8, 4) is 5.75 Å². The largest absolute Gasteiger partial charge is 0.508 e. The minimum atomic E-state index is -0.142. The van der Waals surface area contributed by atoms with Crippen molar-refractivity contribution in [3.63, 3.8) is 0 Å². The predicted molar refractivity (Wildman–Crippen MR) is 86.9 cm³/mol. The van der Waals surface area contributed by atoms with Crippen LogP contribution in [0.3, 0.4) is 0 Å². The number of phenolic OH excluding ortho intramolecular Hbond substituents is 1. The van der Waals surface area contributed by atoms with Crippen molar-refractivity contribution in [2.45, 2.75) is 50.0 Å². The zero-order chi connectivity index (χ0) is 15.2. The van der Waals surface area contributed by atoms with Gasteiger partial charge in [0.15, 0.2) is 0 Å². The fourth-order valence-electron chi connectivity index (χ4n) is 4.81. The first-order valence-electron chi connectivity index (χ1n) is 8.86. The van der Waals surface area contributed by atoms with Gasteiger partial charge in [-0.2, -0.15) is 0 Å². The molecule has 0 spiro atoms. The monoisotopic (exact) mass is 301 g/mol. The van der Waals surface area contributed by atoms with Gasteiger partial charge in [-0.1, -0.05) is 12.1 Å². The number of piperidine rings is 1. The van der Waals surface area contributed by atoms with Crippen LogP contribution in [-0.4, -0.2) is 40.9 Å². The second-order valence-electron chi connectivity index (χ2n) is 7.78. The van der Waals surface area contributed by atoms with Gasteiger partial charge in [0.25, 0.3) is 0 Å². The number of nitrogens with zero attached hydrogens (tertiary/aromatic N) is 1. The van der Waals surface area contributed by atoms with Crippen LogP contribution in [0.15, 0.2) is 24.3 Å². The Labute approximate surface area is 133 Å². The summed E-state index contributed by atoms with van der Waals surface area (Å²) in [6.07, 6.45) is 6.70. The molecule has 2 N–H and O–H groups in total. The standard InChI is InChI=1S/C19H27NO2/c21-17-3-1-2-15(10-17)19-7-6-18(22)11-16(19)13-20(9-8-19)12-14-4-5-14/h1-3,10,14,16,18,21-22H,4-9,11-13H2/t16-,18-,19?/m0/s1. The van der Waals surface area contributed by atoms with E-state index in [9.17, 15) is 10.2 Å². The molecule has 0 radical (unpaired) electrons. The van der Waals surface area contributed by atoms with Crippen molar-refractivity contribution in [2.75, 3.05) is 19.6 Å². The van der Waals surface area contributed by atoms with Crippen LogP contribution in [0.4, 0.5) is 0 Å². The lowest BCUT2D eigenvalue weighted by molar-refractivity contribution is -0.00340. The first-order chi connectivity index (χ1) is 10.7. The van der Waals surface area contributed by atoms with Crippen molar-refractivity contribution in [1.82, 2.24) is 4.90 Å². The molecule has 0 amide bonds. The molecule has 0 bridgehead atoms. The maximum absolute atomic E-state index is 10.2. The molecule has 2 saturated carbocycles. The minimum Gasteiger partial charge on any atom is -0.508 e. The van der Waals surface area contributed by atoms with E-state index < -0.39 is 0 Å². The number of rotatable bonds is 3. The molecule has 3 fully saturated rings. The van der Waals surface area contributed by atoms with E-state index in [4.69, 9.17) is 0 Å². The molecule has 1 aromatic rings. The Kier molecular flexibility index (Phi) is 3.66. The molecule has 1 aliphatic heterocycles. The summed E-state index contributed by atoms with van der Waals surface area (Å²) >= 11 is 0. The van der Waals surface area contributed by atoms with Gasteiger partial charge in [-0.15, -0.1) is 0 Å². The van der Waals surface area contributed by atoms with E-state index in [0.717, 1.165) is 31.7 Å². The van der Waals surface area contributed by atoms with E-state index >= 15 is 0 Å². The quantitative estimate of drug-likeness (QED) is 0.902. The number of benzene rings is 1. The molecule has 22 heavy (non-hydrogen) atoms. The fourth-order valence-corrected chi connectivity index (χ4v) is 4.81. The third-order valence-electron chi connectivity index (χ3n) is 6.25. The molecular formula is C19H27NO2. The van der Waals surface area contributed by atoms with Crippen LogP contribution in [0.5, 0.6) is 5.75 Å². The van der Waals surface area contributed by atoms with E-state index in [1.165, 1.54) is 37.9 Å². The molecule has 120 valence electrons. The number of hydrogen-bond donors (Lipinski definition) is 2. The average molecular weight is 301 g/mol. The number of aliphatic hydroxyl groups is 1. The number of aliphatic hydroxyl groups excluding tert-OH is 1. The molecule has 1 heterocycles. The number of phenols is 1. The highest BCUT2D eigenvalue weighted by Crippen LogP contribution is 2.50. The number of likely N-dealkylation sites (tertiary alicyclic amines) is 1. The molecule has 3 aliphatic rings. The maximum Gasteiger partial charge on any atom is 0.115 e. The Hall–Kier alpha value is -1.06. The summed E-state index contributed by atoms with van der Waals surface area (Å²) in [5.41, 5.74) is 1.45. The molecule has 3 heteroatoms. The summed E-state index contributed by atoms with van der Waals surface area (Å²) in [7, 11) is 0. The summed E-state index contributed by atoms with van der Waals surface area (Å²) in [4.78, 5) is 2.63. The Morgan fingerprint density at radius 2 is 2.05 bits per heavy atom. The first kappa shape index (κ1) is 14.5. The van der Waals surface area contributed by atoms with E-state index in [1.54, 1.807) is 6.07 Å². The second kappa shape index (κ2) is 5.54. The topological polar surface area (TPSA) is 43.7 Å². The minimum absolute atomic E-state index is 0.142. The highest BCUT2D eigenvalue weighted by atomic mass is 16.3. The van der Waals surface area contributed by atoms with Crippen molar-refractivity contribution < 1.29 is 10.2 Å². The van der Waals surface area contributed by atoms with Crippen molar-refractivity contribution in [2.24, 2.45) is 11.8 Å². The number of fused-ring (bicyclic) bond motifs is 1. The third kappa shape index (κ3) is 2.65. The number of hydrogen-bond acceptors (Lipinski definition) is 3. The van der Waals surface area contributed by atoms with Crippen LogP contribution in [0.2, 0.25) is 0 Å². The molecule has 1 saturated heterocycles. The zero-order valence-corrected chi connectivity index (χ0v) is 13.2. The molecule has 1 unspecified atom stereocenters. The normalized spacial score (nSPS) is 36.0. The Balaban J connectivity index is 1.60.